The Kier molecular flexibility index (Phi) is 8.27. The number of nitrogens with zero attached hydrogens (tertiary/aromatic N) is 4. The zero-order valence-corrected chi connectivity index (χ0v) is 22.4. The molecule has 11 heteroatoms. The van der Waals surface area contributed by atoms with Crippen molar-refractivity contribution in [3.05, 3.63) is 76.9 Å². The number of hydrogen-bond acceptors (Lipinski definition) is 6. The number of hydrogen-bond donors (Lipinski definition) is 2. The van der Waals surface area contributed by atoms with Crippen LogP contribution in [0.1, 0.15) is 22.3 Å². The molecule has 0 saturated heterocycles. The lowest BCUT2D eigenvalue weighted by molar-refractivity contribution is -0.137. The average Bonchev–Trinajstić information content (AvgIpc) is 2.87. The number of carbonyl (C=O) groups excluding carboxylic acids is 1. The van der Waals surface area contributed by atoms with Gasteiger partial charge >= 0.3 is 6.18 Å². The van der Waals surface area contributed by atoms with Gasteiger partial charge < -0.3 is 20.9 Å². The summed E-state index contributed by atoms with van der Waals surface area (Å²) >= 11 is 6.37. The fourth-order valence-corrected chi connectivity index (χ4v) is 4.39. The SMILES string of the molecule is CN(C)CCCN(C)c1ccc(C(F)(F)F)cc1NC(=O)c1cc(-c2ccc3nc(N)ncc3c2)ccc1Cl. The standard InChI is InChI=1S/C28H28ClF3N6O/c1-37(2)11-4-12-38(3)25-10-7-20(28(30,31)32)15-24(25)35-26(39)21-14-18(5-8-22(21)29)17-6-9-23-19(13-17)16-34-27(33)36-23/h5-10,13-16H,4,11-12H2,1-3H3,(H,35,39)(H2,33,34,36). The van der Waals surface area contributed by atoms with Crippen LogP contribution in [0.25, 0.3) is 22.0 Å². The van der Waals surface area contributed by atoms with Gasteiger partial charge in [0.05, 0.1) is 33.0 Å². The summed E-state index contributed by atoms with van der Waals surface area (Å²) in [4.78, 5) is 25.4. The third-order valence-electron chi connectivity index (χ3n) is 6.22. The van der Waals surface area contributed by atoms with E-state index in [2.05, 4.69) is 15.3 Å². The molecule has 0 bridgehead atoms. The second-order valence-corrected chi connectivity index (χ2v) is 9.87. The van der Waals surface area contributed by atoms with Gasteiger partial charge in [-0.05, 0) is 80.7 Å². The van der Waals surface area contributed by atoms with Gasteiger partial charge in [0, 0.05) is 25.2 Å². The quantitative estimate of drug-likeness (QED) is 0.269. The molecule has 0 unspecified atom stereocenters. The summed E-state index contributed by atoms with van der Waals surface area (Å²) in [6, 6.07) is 13.7. The van der Waals surface area contributed by atoms with E-state index in [0.717, 1.165) is 36.0 Å². The topological polar surface area (TPSA) is 87.4 Å². The molecule has 0 fully saturated rings. The molecule has 3 aromatic carbocycles. The second kappa shape index (κ2) is 11.5. The van der Waals surface area contributed by atoms with Crippen LogP contribution < -0.4 is 16.0 Å². The van der Waals surface area contributed by atoms with Gasteiger partial charge in [-0.25, -0.2) is 9.97 Å². The molecular formula is C28H28ClF3N6O. The number of halogens is 4. The first-order valence-electron chi connectivity index (χ1n) is 12.1. The van der Waals surface area contributed by atoms with Gasteiger partial charge in [0.2, 0.25) is 5.95 Å². The van der Waals surface area contributed by atoms with Crippen LogP contribution in [0.4, 0.5) is 30.5 Å². The maximum absolute atomic E-state index is 13.5. The molecule has 39 heavy (non-hydrogen) atoms. The molecule has 3 N–H and O–H groups in total. The van der Waals surface area contributed by atoms with Crippen molar-refractivity contribution in [3.63, 3.8) is 0 Å². The van der Waals surface area contributed by atoms with E-state index in [1.807, 2.05) is 36.0 Å². The van der Waals surface area contributed by atoms with Crippen molar-refractivity contribution in [2.75, 3.05) is 50.2 Å². The van der Waals surface area contributed by atoms with Crippen LogP contribution in [-0.2, 0) is 6.18 Å². The van der Waals surface area contributed by atoms with E-state index in [4.69, 9.17) is 17.3 Å². The molecule has 4 aromatic rings. The summed E-state index contributed by atoms with van der Waals surface area (Å²) in [6.45, 7) is 1.39. The third-order valence-corrected chi connectivity index (χ3v) is 6.55. The van der Waals surface area contributed by atoms with Crippen molar-refractivity contribution in [1.29, 1.82) is 0 Å². The van der Waals surface area contributed by atoms with E-state index in [1.165, 1.54) is 6.07 Å². The Morgan fingerprint density at radius 2 is 1.72 bits per heavy atom. The van der Waals surface area contributed by atoms with E-state index >= 15 is 0 Å². The third kappa shape index (κ3) is 6.76. The van der Waals surface area contributed by atoms with Crippen LogP contribution >= 0.6 is 11.6 Å². The highest BCUT2D eigenvalue weighted by Crippen LogP contribution is 2.36. The molecule has 0 spiro atoms. The number of fused-ring (bicyclic) bond motifs is 1. The van der Waals surface area contributed by atoms with Crippen molar-refractivity contribution in [2.45, 2.75) is 12.6 Å². The Labute approximate surface area is 229 Å². The summed E-state index contributed by atoms with van der Waals surface area (Å²) in [7, 11) is 5.67. The molecule has 1 aromatic heterocycles. The smallest absolute Gasteiger partial charge is 0.373 e. The fourth-order valence-electron chi connectivity index (χ4n) is 4.19. The number of benzene rings is 3. The number of amides is 1. The Balaban J connectivity index is 1.66. The van der Waals surface area contributed by atoms with Crippen molar-refractivity contribution < 1.29 is 18.0 Å². The minimum atomic E-state index is -4.57. The monoisotopic (exact) mass is 556 g/mol. The molecule has 4 rings (SSSR count). The predicted molar refractivity (Wildman–Crippen MR) is 150 cm³/mol. The largest absolute Gasteiger partial charge is 0.416 e. The highest BCUT2D eigenvalue weighted by Gasteiger charge is 2.31. The van der Waals surface area contributed by atoms with Gasteiger partial charge in [-0.3, -0.25) is 4.79 Å². The zero-order valence-electron chi connectivity index (χ0n) is 21.7. The summed E-state index contributed by atoms with van der Waals surface area (Å²) in [5.41, 5.74) is 7.58. The summed E-state index contributed by atoms with van der Waals surface area (Å²) in [5, 5.41) is 3.59. The van der Waals surface area contributed by atoms with Crippen molar-refractivity contribution >= 4 is 45.7 Å². The lowest BCUT2D eigenvalue weighted by Gasteiger charge is -2.24. The minimum absolute atomic E-state index is 0.0455. The Morgan fingerprint density at radius 1 is 1.00 bits per heavy atom. The number of aromatic nitrogens is 2. The Hall–Kier alpha value is -3.89. The predicted octanol–water partition coefficient (Wildman–Crippen LogP) is 6.19. The molecule has 0 saturated carbocycles. The van der Waals surface area contributed by atoms with Crippen molar-refractivity contribution in [1.82, 2.24) is 14.9 Å². The number of nitrogen functional groups attached to an aromatic ring is 1. The number of rotatable bonds is 8. The number of nitrogens with one attached hydrogen (secondary N) is 1. The van der Waals surface area contributed by atoms with Crippen LogP contribution in [0.2, 0.25) is 5.02 Å². The summed E-state index contributed by atoms with van der Waals surface area (Å²) in [5.74, 6) is -0.459. The minimum Gasteiger partial charge on any atom is -0.373 e. The first-order valence-corrected chi connectivity index (χ1v) is 12.5. The van der Waals surface area contributed by atoms with E-state index < -0.39 is 17.6 Å². The molecule has 0 aliphatic heterocycles. The fraction of sp³-hybridized carbons (Fsp3) is 0.250. The van der Waals surface area contributed by atoms with Crippen LogP contribution in [-0.4, -0.2) is 55.0 Å². The van der Waals surface area contributed by atoms with E-state index in [1.54, 1.807) is 37.5 Å². The van der Waals surface area contributed by atoms with E-state index in [9.17, 15) is 18.0 Å². The van der Waals surface area contributed by atoms with Crippen LogP contribution in [0, 0.1) is 0 Å². The summed E-state index contributed by atoms with van der Waals surface area (Å²) < 4.78 is 40.6. The lowest BCUT2D eigenvalue weighted by Crippen LogP contribution is -2.25. The molecule has 1 amide bonds. The van der Waals surface area contributed by atoms with Crippen LogP contribution in [0.3, 0.4) is 0 Å². The first-order chi connectivity index (χ1) is 18.4. The van der Waals surface area contributed by atoms with Gasteiger partial charge in [0.25, 0.3) is 5.91 Å². The lowest BCUT2D eigenvalue weighted by atomic mass is 10.0. The average molecular weight is 557 g/mol. The normalized spacial score (nSPS) is 11.7. The zero-order chi connectivity index (χ0) is 28.3. The van der Waals surface area contributed by atoms with Gasteiger partial charge in [-0.2, -0.15) is 13.2 Å². The number of carbonyl (C=O) groups is 1. The summed E-state index contributed by atoms with van der Waals surface area (Å²) in [6.07, 6.45) is -2.17. The Morgan fingerprint density at radius 3 is 2.44 bits per heavy atom. The second-order valence-electron chi connectivity index (χ2n) is 9.46. The van der Waals surface area contributed by atoms with E-state index in [-0.39, 0.29) is 22.2 Å². The highest BCUT2D eigenvalue weighted by molar-refractivity contribution is 6.34. The van der Waals surface area contributed by atoms with Crippen LogP contribution in [0.15, 0.2) is 60.8 Å². The molecular weight excluding hydrogens is 529 g/mol. The molecule has 0 aliphatic carbocycles. The molecule has 0 atom stereocenters. The maximum atomic E-state index is 13.5. The van der Waals surface area contributed by atoms with Gasteiger partial charge in [-0.1, -0.05) is 23.7 Å². The molecule has 7 nitrogen and oxygen atoms in total. The molecule has 0 radical (unpaired) electrons. The maximum Gasteiger partial charge on any atom is 0.416 e. The van der Waals surface area contributed by atoms with Crippen molar-refractivity contribution in [3.8, 4) is 11.1 Å². The molecule has 1 heterocycles. The number of anilines is 3. The number of alkyl halides is 3. The van der Waals surface area contributed by atoms with E-state index in [0.29, 0.717) is 23.3 Å². The van der Waals surface area contributed by atoms with Gasteiger partial charge in [0.1, 0.15) is 0 Å². The van der Waals surface area contributed by atoms with Crippen molar-refractivity contribution in [2.24, 2.45) is 0 Å². The highest BCUT2D eigenvalue weighted by atomic mass is 35.5. The first kappa shape index (κ1) is 28.1. The Bertz CT molecular complexity index is 1510. The van der Waals surface area contributed by atoms with Crippen LogP contribution in [0.5, 0.6) is 0 Å². The van der Waals surface area contributed by atoms with Gasteiger partial charge in [0.15, 0.2) is 0 Å². The molecule has 0 aliphatic rings. The number of nitrogens with two attached hydrogens (primary N) is 1. The molecule has 204 valence electrons. The van der Waals surface area contributed by atoms with Gasteiger partial charge in [-0.15, -0.1) is 0 Å².